The number of fused-ring (bicyclic) bond motifs is 1. The molecule has 126 valence electrons. The number of hydrogen-bond donors (Lipinski definition) is 1. The number of aliphatic hydroxyl groups is 1. The zero-order valence-electron chi connectivity index (χ0n) is 13.0. The SMILES string of the molecule is COc1ccc2c(c1)C(C[C@@H](I)[C@H]1C[C@@H](O)CC(=O)O1)CCO2. The lowest BCUT2D eigenvalue weighted by atomic mass is 9.87. The van der Waals surface area contributed by atoms with E-state index in [-0.39, 0.29) is 22.4 Å². The third-order valence-corrected chi connectivity index (χ3v) is 5.79. The Labute approximate surface area is 149 Å². The largest absolute Gasteiger partial charge is 0.497 e. The first-order chi connectivity index (χ1) is 11.1. The summed E-state index contributed by atoms with van der Waals surface area (Å²) in [5.74, 6) is 1.77. The Kier molecular flexibility index (Phi) is 5.31. The first-order valence-corrected chi connectivity index (χ1v) is 9.13. The van der Waals surface area contributed by atoms with Crippen LogP contribution in [-0.4, -0.2) is 40.9 Å². The lowest BCUT2D eigenvalue weighted by Gasteiger charge is -2.33. The van der Waals surface area contributed by atoms with Gasteiger partial charge in [0.25, 0.3) is 0 Å². The Morgan fingerprint density at radius 2 is 2.30 bits per heavy atom. The third kappa shape index (κ3) is 3.91. The lowest BCUT2D eigenvalue weighted by molar-refractivity contribution is -0.159. The van der Waals surface area contributed by atoms with E-state index in [1.54, 1.807) is 7.11 Å². The number of benzene rings is 1. The molecule has 1 aromatic carbocycles. The van der Waals surface area contributed by atoms with E-state index in [1.165, 1.54) is 0 Å². The van der Waals surface area contributed by atoms with E-state index in [0.29, 0.717) is 18.9 Å². The van der Waals surface area contributed by atoms with Crippen molar-refractivity contribution < 1.29 is 24.1 Å². The second-order valence-corrected chi connectivity index (χ2v) is 7.71. The predicted molar refractivity (Wildman–Crippen MR) is 93.4 cm³/mol. The number of ether oxygens (including phenoxy) is 3. The van der Waals surface area contributed by atoms with Crippen LogP contribution in [0.25, 0.3) is 0 Å². The number of rotatable bonds is 4. The minimum absolute atomic E-state index is 0.108. The normalized spacial score (nSPS) is 28.3. The van der Waals surface area contributed by atoms with E-state index in [0.717, 1.165) is 29.9 Å². The molecule has 0 spiro atoms. The van der Waals surface area contributed by atoms with Gasteiger partial charge >= 0.3 is 5.97 Å². The van der Waals surface area contributed by atoms with Crippen molar-refractivity contribution >= 4 is 28.6 Å². The lowest BCUT2D eigenvalue weighted by Crippen LogP contribution is -2.38. The molecule has 0 saturated carbocycles. The number of aliphatic hydroxyl groups excluding tert-OH is 1. The molecule has 23 heavy (non-hydrogen) atoms. The van der Waals surface area contributed by atoms with E-state index >= 15 is 0 Å². The van der Waals surface area contributed by atoms with E-state index in [4.69, 9.17) is 14.2 Å². The summed E-state index contributed by atoms with van der Waals surface area (Å²) in [7, 11) is 1.66. The van der Waals surface area contributed by atoms with Gasteiger partial charge in [-0.15, -0.1) is 0 Å². The molecule has 0 aromatic heterocycles. The van der Waals surface area contributed by atoms with Crippen molar-refractivity contribution in [1.82, 2.24) is 0 Å². The number of esters is 1. The van der Waals surface area contributed by atoms with Gasteiger partial charge in [-0.1, -0.05) is 22.6 Å². The van der Waals surface area contributed by atoms with Gasteiger partial charge in [-0.3, -0.25) is 4.79 Å². The van der Waals surface area contributed by atoms with Crippen molar-refractivity contribution in [3.63, 3.8) is 0 Å². The number of carbonyl (C=O) groups excluding carboxylic acids is 1. The molecule has 3 rings (SSSR count). The van der Waals surface area contributed by atoms with Crippen molar-refractivity contribution in [3.8, 4) is 11.5 Å². The smallest absolute Gasteiger partial charge is 0.308 e. The van der Waals surface area contributed by atoms with Gasteiger partial charge in [-0.05, 0) is 37.0 Å². The molecule has 5 nitrogen and oxygen atoms in total. The van der Waals surface area contributed by atoms with E-state index in [9.17, 15) is 9.90 Å². The topological polar surface area (TPSA) is 65.0 Å². The highest BCUT2D eigenvalue weighted by molar-refractivity contribution is 14.1. The fraction of sp³-hybridized carbons (Fsp3) is 0.588. The number of carbonyl (C=O) groups is 1. The molecule has 1 fully saturated rings. The Morgan fingerprint density at radius 1 is 1.48 bits per heavy atom. The fourth-order valence-corrected chi connectivity index (χ4v) is 4.32. The van der Waals surface area contributed by atoms with Crippen molar-refractivity contribution in [1.29, 1.82) is 0 Å². The molecule has 1 aromatic rings. The monoisotopic (exact) mass is 432 g/mol. The first kappa shape index (κ1) is 16.8. The minimum Gasteiger partial charge on any atom is -0.497 e. The van der Waals surface area contributed by atoms with Crippen LogP contribution in [0.15, 0.2) is 18.2 Å². The molecule has 2 aliphatic heterocycles. The summed E-state index contributed by atoms with van der Waals surface area (Å²) < 4.78 is 16.6. The van der Waals surface area contributed by atoms with Gasteiger partial charge in [0.05, 0.1) is 26.2 Å². The van der Waals surface area contributed by atoms with Crippen LogP contribution in [0.5, 0.6) is 11.5 Å². The van der Waals surface area contributed by atoms with E-state index in [1.807, 2.05) is 18.2 Å². The van der Waals surface area contributed by atoms with Crippen molar-refractivity contribution in [2.45, 2.75) is 47.7 Å². The molecular formula is C17H21IO5. The summed E-state index contributed by atoms with van der Waals surface area (Å²) in [4.78, 5) is 11.5. The van der Waals surface area contributed by atoms with Gasteiger partial charge < -0.3 is 19.3 Å². The molecule has 4 atom stereocenters. The van der Waals surface area contributed by atoms with Crippen LogP contribution in [0.2, 0.25) is 0 Å². The number of hydrogen-bond acceptors (Lipinski definition) is 5. The maximum Gasteiger partial charge on any atom is 0.308 e. The maximum atomic E-state index is 11.5. The average molecular weight is 432 g/mol. The van der Waals surface area contributed by atoms with Crippen LogP contribution in [0.4, 0.5) is 0 Å². The minimum atomic E-state index is -0.583. The molecule has 1 N–H and O–H groups in total. The predicted octanol–water partition coefficient (Wildman–Crippen LogP) is 2.82. The zero-order chi connectivity index (χ0) is 16.4. The second kappa shape index (κ2) is 7.25. The Hall–Kier alpha value is -1.02. The quantitative estimate of drug-likeness (QED) is 0.451. The Bertz CT molecular complexity index is 576. The highest BCUT2D eigenvalue weighted by atomic mass is 127. The molecule has 0 aliphatic carbocycles. The number of halogens is 1. The third-order valence-electron chi connectivity index (χ3n) is 4.48. The van der Waals surface area contributed by atoms with Gasteiger partial charge in [-0.25, -0.2) is 0 Å². The molecule has 6 heteroatoms. The van der Waals surface area contributed by atoms with E-state index in [2.05, 4.69) is 22.6 Å². The molecule has 1 saturated heterocycles. The van der Waals surface area contributed by atoms with Crippen molar-refractivity contribution in [2.24, 2.45) is 0 Å². The molecular weight excluding hydrogens is 411 g/mol. The van der Waals surface area contributed by atoms with E-state index < -0.39 is 6.10 Å². The van der Waals surface area contributed by atoms with Crippen LogP contribution in [0, 0.1) is 0 Å². The highest BCUT2D eigenvalue weighted by Gasteiger charge is 2.34. The van der Waals surface area contributed by atoms with Gasteiger partial charge in [0.2, 0.25) is 0 Å². The Balaban J connectivity index is 1.72. The molecule has 1 unspecified atom stereocenters. The van der Waals surface area contributed by atoms with Crippen LogP contribution in [0.1, 0.15) is 37.2 Å². The summed E-state index contributed by atoms with van der Waals surface area (Å²) in [5.41, 5.74) is 1.15. The summed E-state index contributed by atoms with van der Waals surface area (Å²) in [6.07, 6.45) is 1.65. The number of methoxy groups -OCH3 is 1. The second-order valence-electron chi connectivity index (χ2n) is 6.11. The van der Waals surface area contributed by atoms with Crippen LogP contribution in [-0.2, 0) is 9.53 Å². The van der Waals surface area contributed by atoms with Crippen LogP contribution < -0.4 is 9.47 Å². The van der Waals surface area contributed by atoms with Crippen molar-refractivity contribution in [3.05, 3.63) is 23.8 Å². The maximum absolute atomic E-state index is 11.5. The average Bonchev–Trinajstić information content (AvgIpc) is 2.53. The molecule has 0 amide bonds. The summed E-state index contributed by atoms with van der Waals surface area (Å²) in [6, 6.07) is 5.89. The van der Waals surface area contributed by atoms with Crippen LogP contribution >= 0.6 is 22.6 Å². The zero-order valence-corrected chi connectivity index (χ0v) is 15.2. The standard InChI is InChI=1S/C17H21IO5/c1-21-12-2-3-15-13(9-12)10(4-5-22-15)6-14(18)16-7-11(19)8-17(20)23-16/h2-3,9-11,14,16,19H,4-8H2,1H3/t10?,11-,14-,16-/m1/s1. The summed E-state index contributed by atoms with van der Waals surface area (Å²) in [5, 5.41) is 9.79. The molecule has 0 radical (unpaired) electrons. The van der Waals surface area contributed by atoms with Gasteiger partial charge in [0, 0.05) is 15.9 Å². The van der Waals surface area contributed by atoms with Gasteiger partial charge in [0.15, 0.2) is 0 Å². The van der Waals surface area contributed by atoms with Gasteiger partial charge in [-0.2, -0.15) is 0 Å². The summed E-state index contributed by atoms with van der Waals surface area (Å²) in [6.45, 7) is 0.695. The number of alkyl halides is 1. The molecule has 2 heterocycles. The van der Waals surface area contributed by atoms with Gasteiger partial charge in [0.1, 0.15) is 17.6 Å². The Morgan fingerprint density at radius 3 is 3.04 bits per heavy atom. The van der Waals surface area contributed by atoms with Crippen LogP contribution in [0.3, 0.4) is 0 Å². The highest BCUT2D eigenvalue weighted by Crippen LogP contribution is 2.41. The van der Waals surface area contributed by atoms with Crippen molar-refractivity contribution in [2.75, 3.05) is 13.7 Å². The molecule has 0 bridgehead atoms. The molecule has 2 aliphatic rings. The number of cyclic esters (lactones) is 1. The first-order valence-electron chi connectivity index (χ1n) is 7.89. The summed E-state index contributed by atoms with van der Waals surface area (Å²) >= 11 is 2.34. The fourth-order valence-electron chi connectivity index (χ4n) is 3.27.